The second-order valence-corrected chi connectivity index (χ2v) is 9.80. The number of rotatable bonds is 16. The highest BCUT2D eigenvalue weighted by Gasteiger charge is 2.23. The minimum Gasteiger partial charge on any atom is -0.480 e. The fraction of sp³-hybridized carbons (Fsp3) is 0.517. The van der Waals surface area contributed by atoms with Crippen molar-refractivity contribution in [2.24, 2.45) is 0 Å². The number of nitrogens with one attached hydrogen (secondary N) is 2. The Balaban J connectivity index is 1.52. The van der Waals surface area contributed by atoms with Gasteiger partial charge in [-0.2, -0.15) is 5.26 Å². The lowest BCUT2D eigenvalue weighted by molar-refractivity contribution is -0.142. The number of pyridine rings is 1. The van der Waals surface area contributed by atoms with E-state index in [1.807, 2.05) is 11.0 Å². The lowest BCUT2D eigenvalue weighted by atomic mass is 10.0. The highest BCUT2D eigenvalue weighted by molar-refractivity contribution is 5.85. The van der Waals surface area contributed by atoms with Crippen molar-refractivity contribution in [2.45, 2.75) is 57.1 Å². The van der Waals surface area contributed by atoms with Gasteiger partial charge in [0.1, 0.15) is 18.5 Å². The van der Waals surface area contributed by atoms with Crippen LogP contribution < -0.4 is 10.6 Å². The molecule has 0 fully saturated rings. The highest BCUT2D eigenvalue weighted by atomic mass is 19.1. The van der Waals surface area contributed by atoms with Crippen LogP contribution in [0, 0.1) is 11.3 Å². The number of hydrogen-bond acceptors (Lipinski definition) is 7. The van der Waals surface area contributed by atoms with Crippen molar-refractivity contribution < 1.29 is 23.8 Å². The lowest BCUT2D eigenvalue weighted by Crippen LogP contribution is -2.45. The zero-order valence-electron chi connectivity index (χ0n) is 22.5. The van der Waals surface area contributed by atoms with Crippen LogP contribution in [-0.2, 0) is 33.6 Å². The monoisotopic (exact) mass is 539 g/mol. The van der Waals surface area contributed by atoms with Crippen LogP contribution in [0.2, 0.25) is 0 Å². The molecule has 1 aliphatic rings. The second-order valence-electron chi connectivity index (χ2n) is 9.80. The molecule has 1 amide bonds. The summed E-state index contributed by atoms with van der Waals surface area (Å²) >= 11 is 0. The molecule has 0 spiro atoms. The Morgan fingerprint density at radius 2 is 2.08 bits per heavy atom. The van der Waals surface area contributed by atoms with Crippen molar-refractivity contribution in [1.29, 1.82) is 5.26 Å². The van der Waals surface area contributed by atoms with Crippen LogP contribution in [0.5, 0.6) is 0 Å². The predicted octanol–water partition coefficient (Wildman–Crippen LogP) is 3.12. The summed E-state index contributed by atoms with van der Waals surface area (Å²) in [5.74, 6) is -0.635. The van der Waals surface area contributed by atoms with Crippen molar-refractivity contribution in [1.82, 2.24) is 15.2 Å². The van der Waals surface area contributed by atoms with Gasteiger partial charge in [-0.15, -0.1) is 0 Å². The number of carboxylic acid groups (broad SMARTS) is 1. The largest absolute Gasteiger partial charge is 0.480 e. The molecule has 3 N–H and O–H groups in total. The Labute approximate surface area is 229 Å². The molecule has 9 nitrogen and oxygen atoms in total. The van der Waals surface area contributed by atoms with Gasteiger partial charge in [0.2, 0.25) is 5.91 Å². The number of aromatic nitrogens is 1. The highest BCUT2D eigenvalue weighted by Crippen LogP contribution is 2.20. The van der Waals surface area contributed by atoms with Crippen molar-refractivity contribution in [3.8, 4) is 6.07 Å². The Morgan fingerprint density at radius 1 is 1.26 bits per heavy atom. The van der Waals surface area contributed by atoms with Gasteiger partial charge in [0, 0.05) is 32.4 Å². The average Bonchev–Trinajstić information content (AvgIpc) is 2.95. The number of hydrogen-bond donors (Lipinski definition) is 3. The van der Waals surface area contributed by atoms with Crippen molar-refractivity contribution in [3.63, 3.8) is 0 Å². The third-order valence-electron chi connectivity index (χ3n) is 6.93. The van der Waals surface area contributed by atoms with Gasteiger partial charge in [0.15, 0.2) is 0 Å². The molecule has 0 saturated heterocycles. The number of carboxylic acids is 1. The third-order valence-corrected chi connectivity index (χ3v) is 6.93. The minimum absolute atomic E-state index is 0.0862. The number of ether oxygens (including phenoxy) is 1. The van der Waals surface area contributed by atoms with Gasteiger partial charge < -0.3 is 25.4 Å². The molecule has 2 aromatic rings. The van der Waals surface area contributed by atoms with E-state index in [1.54, 1.807) is 24.3 Å². The molecule has 0 bridgehead atoms. The Morgan fingerprint density at radius 3 is 2.82 bits per heavy atom. The summed E-state index contributed by atoms with van der Waals surface area (Å²) in [5, 5.41) is 24.9. The molecule has 3 rings (SSSR count). The number of nitriles is 1. The Hall–Kier alpha value is -3.55. The molecule has 1 aromatic heterocycles. The first kappa shape index (κ1) is 30.0. The van der Waals surface area contributed by atoms with Gasteiger partial charge in [-0.05, 0) is 68.3 Å². The van der Waals surface area contributed by atoms with Crippen LogP contribution in [0.1, 0.15) is 48.1 Å². The topological polar surface area (TPSA) is 128 Å². The summed E-state index contributed by atoms with van der Waals surface area (Å²) in [5.41, 5.74) is 3.20. The number of unbranched alkanes of at least 4 members (excludes halogenated alkanes) is 1. The summed E-state index contributed by atoms with van der Waals surface area (Å²) in [6, 6.07) is 11.9. The minimum atomic E-state index is -1.14. The zero-order valence-corrected chi connectivity index (χ0v) is 22.5. The quantitative estimate of drug-likeness (QED) is 0.278. The standard InChI is InChI=1S/C29H38FN5O4/c1-39-25(18-30)20-35(15-5-4-10-24-12-11-21-9-6-14-32-28(21)33-24)16-13-26(29(37)38)34-27(36)17-22-7-2-3-8-23(22)19-31/h2-3,7-8,11-12,25-26H,4-6,9-10,13-18,20H2,1H3,(H,32,33)(H,34,36)(H,37,38). The second kappa shape index (κ2) is 15.8. The molecule has 0 aliphatic carbocycles. The lowest BCUT2D eigenvalue weighted by Gasteiger charge is -2.27. The molecule has 1 aliphatic heterocycles. The summed E-state index contributed by atoms with van der Waals surface area (Å²) in [7, 11) is 1.46. The number of benzene rings is 1. The van der Waals surface area contributed by atoms with Crippen molar-refractivity contribution in [2.75, 3.05) is 45.3 Å². The van der Waals surface area contributed by atoms with Gasteiger partial charge in [-0.25, -0.2) is 14.2 Å². The Kier molecular flexibility index (Phi) is 12.1. The maximum atomic E-state index is 13.4. The number of aryl methyl sites for hydroxylation is 2. The van der Waals surface area contributed by atoms with Gasteiger partial charge >= 0.3 is 5.97 Å². The van der Waals surface area contributed by atoms with Crippen molar-refractivity contribution >= 4 is 17.7 Å². The normalized spacial score (nSPS) is 14.1. The van der Waals surface area contributed by atoms with Gasteiger partial charge in [-0.3, -0.25) is 4.79 Å². The van der Waals surface area contributed by atoms with E-state index in [0.717, 1.165) is 50.2 Å². The number of halogens is 1. The molecule has 0 radical (unpaired) electrons. The summed E-state index contributed by atoms with van der Waals surface area (Å²) in [6.07, 6.45) is 4.14. The van der Waals surface area contributed by atoms with Crippen LogP contribution in [0.3, 0.4) is 0 Å². The summed E-state index contributed by atoms with van der Waals surface area (Å²) in [4.78, 5) is 31.2. The number of anilines is 1. The number of fused-ring (bicyclic) bond motifs is 1. The number of alkyl halides is 1. The molecule has 2 unspecified atom stereocenters. The van der Waals surface area contributed by atoms with Gasteiger partial charge in [0.05, 0.1) is 24.2 Å². The van der Waals surface area contributed by atoms with E-state index in [0.29, 0.717) is 30.8 Å². The average molecular weight is 540 g/mol. The van der Waals surface area contributed by atoms with Gasteiger partial charge in [0.25, 0.3) is 0 Å². The van der Waals surface area contributed by atoms with E-state index in [-0.39, 0.29) is 12.8 Å². The van der Waals surface area contributed by atoms with Gasteiger partial charge in [-0.1, -0.05) is 24.3 Å². The maximum absolute atomic E-state index is 13.4. The molecular weight excluding hydrogens is 501 g/mol. The number of carbonyl (C=O) groups is 2. The predicted molar refractivity (Wildman–Crippen MR) is 146 cm³/mol. The van der Waals surface area contributed by atoms with Crippen LogP contribution in [0.25, 0.3) is 0 Å². The number of aliphatic carboxylic acids is 1. The molecule has 10 heteroatoms. The van der Waals surface area contributed by atoms with E-state index < -0.39 is 30.7 Å². The van der Waals surface area contributed by atoms with Crippen LogP contribution >= 0.6 is 0 Å². The van der Waals surface area contributed by atoms with E-state index in [1.165, 1.54) is 12.7 Å². The summed E-state index contributed by atoms with van der Waals surface area (Å²) < 4.78 is 18.6. The number of nitrogens with zero attached hydrogens (tertiary/aromatic N) is 3. The molecule has 2 heterocycles. The van der Waals surface area contributed by atoms with E-state index in [2.05, 4.69) is 22.8 Å². The first-order chi connectivity index (χ1) is 18.9. The fourth-order valence-electron chi connectivity index (χ4n) is 4.69. The Bertz CT molecular complexity index is 1130. The fourth-order valence-corrected chi connectivity index (χ4v) is 4.69. The number of carbonyl (C=O) groups excluding carboxylic acids is 1. The SMILES string of the molecule is COC(CF)CN(CCCCc1ccc2c(n1)NCCC2)CCC(NC(=O)Cc1ccccc1C#N)C(=O)O. The van der Waals surface area contributed by atoms with E-state index >= 15 is 0 Å². The smallest absolute Gasteiger partial charge is 0.326 e. The summed E-state index contributed by atoms with van der Waals surface area (Å²) in [6.45, 7) is 1.62. The molecular formula is C29H38FN5O4. The third kappa shape index (κ3) is 9.61. The molecule has 2 atom stereocenters. The molecule has 210 valence electrons. The van der Waals surface area contributed by atoms with Crippen LogP contribution in [0.4, 0.5) is 10.2 Å². The molecule has 39 heavy (non-hydrogen) atoms. The number of methoxy groups -OCH3 is 1. The maximum Gasteiger partial charge on any atom is 0.326 e. The number of amides is 1. The zero-order chi connectivity index (χ0) is 28.0. The van der Waals surface area contributed by atoms with Crippen LogP contribution in [0.15, 0.2) is 36.4 Å². The van der Waals surface area contributed by atoms with E-state index in [9.17, 15) is 24.3 Å². The molecule has 0 saturated carbocycles. The van der Waals surface area contributed by atoms with E-state index in [4.69, 9.17) is 9.72 Å². The van der Waals surface area contributed by atoms with Crippen molar-refractivity contribution in [3.05, 3.63) is 58.8 Å². The molecule has 1 aromatic carbocycles. The first-order valence-corrected chi connectivity index (χ1v) is 13.5. The van der Waals surface area contributed by atoms with Crippen LogP contribution in [-0.4, -0.2) is 79.0 Å². The first-order valence-electron chi connectivity index (χ1n) is 13.5.